The number of hydrogen-bond acceptors (Lipinski definition) is 3. The molecule has 1 saturated carbocycles. The minimum absolute atomic E-state index is 0.240. The van der Waals surface area contributed by atoms with Gasteiger partial charge in [0.1, 0.15) is 0 Å². The number of nitrogens with one attached hydrogen (secondary N) is 1. The lowest BCUT2D eigenvalue weighted by Crippen LogP contribution is -2.62. The van der Waals surface area contributed by atoms with Crippen molar-refractivity contribution < 1.29 is 9.84 Å². The van der Waals surface area contributed by atoms with Crippen molar-refractivity contribution in [2.75, 3.05) is 13.2 Å². The van der Waals surface area contributed by atoms with Crippen molar-refractivity contribution in [3.8, 4) is 0 Å². The fraction of sp³-hybridized carbons (Fsp3) is 1.00. The second-order valence-electron chi connectivity index (χ2n) is 5.49. The van der Waals surface area contributed by atoms with Crippen LogP contribution in [-0.4, -0.2) is 36.5 Å². The van der Waals surface area contributed by atoms with Crippen LogP contribution < -0.4 is 5.32 Å². The summed E-state index contributed by atoms with van der Waals surface area (Å²) in [7, 11) is 0. The highest BCUT2D eigenvalue weighted by Gasteiger charge is 2.48. The van der Waals surface area contributed by atoms with Crippen LogP contribution in [0.5, 0.6) is 0 Å². The molecule has 0 heterocycles. The maximum absolute atomic E-state index is 8.79. The lowest BCUT2D eigenvalue weighted by molar-refractivity contribution is -0.116. The normalized spacial score (nSPS) is 29.8. The summed E-state index contributed by atoms with van der Waals surface area (Å²) in [5.41, 5.74) is 0.240. The largest absolute Gasteiger partial charge is 0.396 e. The number of ether oxygens (including phenoxy) is 1. The third-order valence-electron chi connectivity index (χ3n) is 3.83. The van der Waals surface area contributed by atoms with Crippen molar-refractivity contribution in [3.05, 3.63) is 0 Å². The van der Waals surface area contributed by atoms with E-state index in [4.69, 9.17) is 9.84 Å². The predicted molar refractivity (Wildman–Crippen MR) is 66.5 cm³/mol. The van der Waals surface area contributed by atoms with E-state index < -0.39 is 0 Å². The Hall–Kier alpha value is -0.120. The summed E-state index contributed by atoms with van der Waals surface area (Å²) in [6, 6.07) is 1.04. The molecule has 1 fully saturated rings. The Morgan fingerprint density at radius 2 is 2.19 bits per heavy atom. The maximum atomic E-state index is 8.79. The van der Waals surface area contributed by atoms with E-state index in [1.807, 2.05) is 0 Å². The summed E-state index contributed by atoms with van der Waals surface area (Å²) in [5, 5.41) is 12.4. The van der Waals surface area contributed by atoms with Gasteiger partial charge in [-0.25, -0.2) is 0 Å². The molecule has 0 aromatic rings. The second kappa shape index (κ2) is 5.99. The van der Waals surface area contributed by atoms with Gasteiger partial charge in [-0.1, -0.05) is 13.8 Å². The smallest absolute Gasteiger partial charge is 0.0655 e. The van der Waals surface area contributed by atoms with Crippen LogP contribution in [0.15, 0.2) is 0 Å². The number of aliphatic hydroxyl groups is 1. The van der Waals surface area contributed by atoms with E-state index >= 15 is 0 Å². The van der Waals surface area contributed by atoms with Gasteiger partial charge in [-0.15, -0.1) is 0 Å². The van der Waals surface area contributed by atoms with Gasteiger partial charge in [-0.05, 0) is 33.1 Å². The third-order valence-corrected chi connectivity index (χ3v) is 3.83. The van der Waals surface area contributed by atoms with Crippen molar-refractivity contribution >= 4 is 0 Å². The second-order valence-corrected chi connectivity index (χ2v) is 5.49. The Balaban J connectivity index is 2.29. The average Bonchev–Trinajstić information content (AvgIpc) is 2.25. The minimum atomic E-state index is 0.240. The highest BCUT2D eigenvalue weighted by Crippen LogP contribution is 2.42. The van der Waals surface area contributed by atoms with E-state index in [0.717, 1.165) is 25.9 Å². The van der Waals surface area contributed by atoms with Crippen molar-refractivity contribution in [3.63, 3.8) is 0 Å². The van der Waals surface area contributed by atoms with Crippen molar-refractivity contribution in [1.82, 2.24) is 5.32 Å². The SMILES string of the molecule is CCOC1CC(NC(C)CCCO)C1(C)C. The molecule has 16 heavy (non-hydrogen) atoms. The molecule has 3 heteroatoms. The lowest BCUT2D eigenvalue weighted by Gasteiger charge is -2.52. The van der Waals surface area contributed by atoms with Crippen LogP contribution in [0.3, 0.4) is 0 Å². The molecule has 0 spiro atoms. The Bertz CT molecular complexity index is 206. The standard InChI is InChI=1S/C13H27NO2/c1-5-16-12-9-11(13(12,3)4)14-10(2)7-6-8-15/h10-12,14-15H,5-9H2,1-4H3. The molecule has 0 radical (unpaired) electrons. The molecule has 1 aliphatic rings. The van der Waals surface area contributed by atoms with Gasteiger partial charge in [0, 0.05) is 30.7 Å². The Labute approximate surface area is 99.6 Å². The van der Waals surface area contributed by atoms with E-state index in [0.29, 0.717) is 24.8 Å². The van der Waals surface area contributed by atoms with Gasteiger partial charge in [0.05, 0.1) is 6.10 Å². The van der Waals surface area contributed by atoms with E-state index in [2.05, 4.69) is 33.0 Å². The Morgan fingerprint density at radius 3 is 2.69 bits per heavy atom. The molecule has 3 unspecified atom stereocenters. The zero-order valence-electron chi connectivity index (χ0n) is 11.1. The molecule has 3 atom stereocenters. The number of hydrogen-bond donors (Lipinski definition) is 2. The van der Waals surface area contributed by atoms with Crippen LogP contribution in [0.2, 0.25) is 0 Å². The molecule has 0 aromatic carbocycles. The van der Waals surface area contributed by atoms with Crippen LogP contribution >= 0.6 is 0 Å². The first-order valence-electron chi connectivity index (χ1n) is 6.50. The lowest BCUT2D eigenvalue weighted by atomic mass is 9.64. The average molecular weight is 229 g/mol. The monoisotopic (exact) mass is 229 g/mol. The fourth-order valence-corrected chi connectivity index (χ4v) is 2.48. The summed E-state index contributed by atoms with van der Waals surface area (Å²) in [6.07, 6.45) is 3.45. The highest BCUT2D eigenvalue weighted by atomic mass is 16.5. The van der Waals surface area contributed by atoms with Gasteiger partial charge < -0.3 is 15.2 Å². The quantitative estimate of drug-likeness (QED) is 0.701. The summed E-state index contributed by atoms with van der Waals surface area (Å²) in [5.74, 6) is 0. The predicted octanol–water partition coefficient (Wildman–Crippen LogP) is 1.94. The topological polar surface area (TPSA) is 41.5 Å². The Morgan fingerprint density at radius 1 is 1.50 bits per heavy atom. The van der Waals surface area contributed by atoms with Crippen molar-refractivity contribution in [2.24, 2.45) is 5.41 Å². The zero-order chi connectivity index (χ0) is 12.2. The molecular formula is C13H27NO2. The van der Waals surface area contributed by atoms with Gasteiger partial charge in [0.15, 0.2) is 0 Å². The van der Waals surface area contributed by atoms with E-state index in [-0.39, 0.29) is 5.41 Å². The first-order chi connectivity index (χ1) is 7.52. The van der Waals surface area contributed by atoms with Crippen LogP contribution in [0.1, 0.15) is 47.0 Å². The molecular weight excluding hydrogens is 202 g/mol. The number of rotatable bonds is 7. The molecule has 0 aromatic heterocycles. The summed E-state index contributed by atoms with van der Waals surface area (Å²) >= 11 is 0. The molecule has 96 valence electrons. The van der Waals surface area contributed by atoms with Gasteiger partial charge in [-0.3, -0.25) is 0 Å². The number of aliphatic hydroxyl groups excluding tert-OH is 1. The van der Waals surface area contributed by atoms with Crippen molar-refractivity contribution in [2.45, 2.75) is 65.1 Å². The van der Waals surface area contributed by atoms with Crippen LogP contribution in [0.4, 0.5) is 0 Å². The molecule has 0 amide bonds. The summed E-state index contributed by atoms with van der Waals surface area (Å²) < 4.78 is 5.71. The van der Waals surface area contributed by atoms with E-state index in [1.165, 1.54) is 0 Å². The Kier molecular flexibility index (Phi) is 5.22. The minimum Gasteiger partial charge on any atom is -0.396 e. The van der Waals surface area contributed by atoms with Gasteiger partial charge >= 0.3 is 0 Å². The zero-order valence-corrected chi connectivity index (χ0v) is 11.1. The summed E-state index contributed by atoms with van der Waals surface area (Å²) in [4.78, 5) is 0. The fourth-order valence-electron chi connectivity index (χ4n) is 2.48. The van der Waals surface area contributed by atoms with Crippen molar-refractivity contribution in [1.29, 1.82) is 0 Å². The van der Waals surface area contributed by atoms with E-state index in [1.54, 1.807) is 0 Å². The highest BCUT2D eigenvalue weighted by molar-refractivity contribution is 5.03. The van der Waals surface area contributed by atoms with Crippen LogP contribution in [0, 0.1) is 5.41 Å². The van der Waals surface area contributed by atoms with Gasteiger partial charge in [-0.2, -0.15) is 0 Å². The van der Waals surface area contributed by atoms with E-state index in [9.17, 15) is 0 Å². The third kappa shape index (κ3) is 3.19. The van der Waals surface area contributed by atoms with Crippen LogP contribution in [0.25, 0.3) is 0 Å². The first kappa shape index (κ1) is 13.9. The molecule has 0 bridgehead atoms. The molecule has 3 nitrogen and oxygen atoms in total. The molecule has 0 aliphatic heterocycles. The molecule has 1 rings (SSSR count). The van der Waals surface area contributed by atoms with Gasteiger partial charge in [0.25, 0.3) is 0 Å². The van der Waals surface area contributed by atoms with Gasteiger partial charge in [0.2, 0.25) is 0 Å². The maximum Gasteiger partial charge on any atom is 0.0655 e. The summed E-state index contributed by atoms with van der Waals surface area (Å²) in [6.45, 7) is 9.89. The molecule has 2 N–H and O–H groups in total. The molecule has 0 saturated heterocycles. The first-order valence-corrected chi connectivity index (χ1v) is 6.50. The molecule has 1 aliphatic carbocycles. The van der Waals surface area contributed by atoms with Crippen LogP contribution in [-0.2, 0) is 4.74 Å².